The van der Waals surface area contributed by atoms with E-state index < -0.39 is 5.91 Å². The zero-order valence-electron chi connectivity index (χ0n) is 13.0. The van der Waals surface area contributed by atoms with Crippen LogP contribution in [0.3, 0.4) is 0 Å². The number of rotatable bonds is 7. The standard InChI is InChI=1S/C18H22N2O2/c1-13(2)22-17-8-6-14(7-9-17)11-20-12-15-4-3-5-16(10-15)18(19)21/h3-10,13,20H,11-12H2,1-2H3,(H2,19,21). The van der Waals surface area contributed by atoms with E-state index in [4.69, 9.17) is 10.5 Å². The van der Waals surface area contributed by atoms with Crippen molar-refractivity contribution in [2.24, 2.45) is 5.73 Å². The van der Waals surface area contributed by atoms with Crippen molar-refractivity contribution in [1.82, 2.24) is 5.32 Å². The Balaban J connectivity index is 1.85. The van der Waals surface area contributed by atoms with E-state index in [2.05, 4.69) is 5.32 Å². The minimum Gasteiger partial charge on any atom is -0.491 e. The summed E-state index contributed by atoms with van der Waals surface area (Å²) in [6.45, 7) is 5.46. The Kier molecular flexibility index (Phi) is 5.55. The fourth-order valence-corrected chi connectivity index (χ4v) is 2.14. The van der Waals surface area contributed by atoms with Crippen LogP contribution >= 0.6 is 0 Å². The zero-order valence-corrected chi connectivity index (χ0v) is 13.0. The molecule has 0 heterocycles. The van der Waals surface area contributed by atoms with Crippen molar-refractivity contribution >= 4 is 5.91 Å². The molecule has 0 unspecified atom stereocenters. The van der Waals surface area contributed by atoms with Gasteiger partial charge < -0.3 is 15.8 Å². The first-order valence-electron chi connectivity index (χ1n) is 7.39. The monoisotopic (exact) mass is 298 g/mol. The molecule has 0 bridgehead atoms. The molecule has 0 radical (unpaired) electrons. The van der Waals surface area contributed by atoms with Crippen molar-refractivity contribution in [3.63, 3.8) is 0 Å². The lowest BCUT2D eigenvalue weighted by Crippen LogP contribution is -2.15. The van der Waals surface area contributed by atoms with Gasteiger partial charge in [-0.15, -0.1) is 0 Å². The third kappa shape index (κ3) is 4.90. The first kappa shape index (κ1) is 16.0. The van der Waals surface area contributed by atoms with E-state index in [1.165, 1.54) is 5.56 Å². The zero-order chi connectivity index (χ0) is 15.9. The number of hydrogen-bond acceptors (Lipinski definition) is 3. The smallest absolute Gasteiger partial charge is 0.248 e. The van der Waals surface area contributed by atoms with Crippen LogP contribution in [0.25, 0.3) is 0 Å². The van der Waals surface area contributed by atoms with Crippen LogP contribution in [0.2, 0.25) is 0 Å². The average molecular weight is 298 g/mol. The number of benzene rings is 2. The van der Waals surface area contributed by atoms with Crippen molar-refractivity contribution in [1.29, 1.82) is 0 Å². The molecule has 2 aromatic carbocycles. The molecule has 0 aliphatic heterocycles. The van der Waals surface area contributed by atoms with Crippen LogP contribution in [0.1, 0.15) is 35.3 Å². The van der Waals surface area contributed by atoms with Crippen LogP contribution in [0.5, 0.6) is 5.75 Å². The van der Waals surface area contributed by atoms with Crippen LogP contribution in [0.4, 0.5) is 0 Å². The molecular formula is C18H22N2O2. The number of carbonyl (C=O) groups is 1. The lowest BCUT2D eigenvalue weighted by Gasteiger charge is -2.10. The molecule has 0 saturated carbocycles. The van der Waals surface area contributed by atoms with Crippen molar-refractivity contribution < 1.29 is 9.53 Å². The van der Waals surface area contributed by atoms with E-state index in [-0.39, 0.29) is 6.10 Å². The van der Waals surface area contributed by atoms with E-state index in [0.717, 1.165) is 17.9 Å². The summed E-state index contributed by atoms with van der Waals surface area (Å²) in [5.74, 6) is 0.482. The predicted molar refractivity (Wildman–Crippen MR) is 87.7 cm³/mol. The summed E-state index contributed by atoms with van der Waals surface area (Å²) in [5.41, 5.74) is 8.04. The van der Waals surface area contributed by atoms with Crippen molar-refractivity contribution in [2.75, 3.05) is 0 Å². The summed E-state index contributed by atoms with van der Waals surface area (Å²) in [6, 6.07) is 15.4. The highest BCUT2D eigenvalue weighted by Crippen LogP contribution is 2.14. The second-order valence-corrected chi connectivity index (χ2v) is 5.48. The Morgan fingerprint density at radius 3 is 2.41 bits per heavy atom. The molecule has 3 N–H and O–H groups in total. The minimum atomic E-state index is -0.400. The normalized spacial score (nSPS) is 10.7. The molecule has 0 aromatic heterocycles. The Morgan fingerprint density at radius 2 is 1.77 bits per heavy atom. The summed E-state index contributed by atoms with van der Waals surface area (Å²) in [6.07, 6.45) is 0.182. The van der Waals surface area contributed by atoms with Crippen LogP contribution in [0, 0.1) is 0 Å². The van der Waals surface area contributed by atoms with E-state index in [1.54, 1.807) is 6.07 Å². The van der Waals surface area contributed by atoms with Crippen LogP contribution in [0.15, 0.2) is 48.5 Å². The lowest BCUT2D eigenvalue weighted by molar-refractivity contribution is 0.1000. The van der Waals surface area contributed by atoms with Gasteiger partial charge in [0.25, 0.3) is 0 Å². The van der Waals surface area contributed by atoms with Gasteiger partial charge in [0, 0.05) is 18.7 Å². The van der Waals surface area contributed by atoms with Gasteiger partial charge in [-0.1, -0.05) is 24.3 Å². The Morgan fingerprint density at radius 1 is 1.09 bits per heavy atom. The van der Waals surface area contributed by atoms with Gasteiger partial charge in [0.05, 0.1) is 6.10 Å². The fourth-order valence-electron chi connectivity index (χ4n) is 2.14. The SMILES string of the molecule is CC(C)Oc1ccc(CNCc2cccc(C(N)=O)c2)cc1. The highest BCUT2D eigenvalue weighted by molar-refractivity contribution is 5.92. The molecule has 0 aliphatic carbocycles. The van der Waals surface area contributed by atoms with Gasteiger partial charge in [-0.3, -0.25) is 4.79 Å². The molecule has 116 valence electrons. The van der Waals surface area contributed by atoms with E-state index in [0.29, 0.717) is 12.1 Å². The topological polar surface area (TPSA) is 64.3 Å². The van der Waals surface area contributed by atoms with E-state index in [9.17, 15) is 4.79 Å². The average Bonchev–Trinajstić information content (AvgIpc) is 2.49. The number of primary amides is 1. The van der Waals surface area contributed by atoms with E-state index in [1.807, 2.05) is 56.3 Å². The molecule has 22 heavy (non-hydrogen) atoms. The summed E-state index contributed by atoms with van der Waals surface area (Å²) in [4.78, 5) is 11.1. The third-order valence-corrected chi connectivity index (χ3v) is 3.16. The predicted octanol–water partition coefficient (Wildman–Crippen LogP) is 2.86. The largest absolute Gasteiger partial charge is 0.491 e. The van der Waals surface area contributed by atoms with Gasteiger partial charge in [0.1, 0.15) is 5.75 Å². The van der Waals surface area contributed by atoms with Gasteiger partial charge in [-0.05, 0) is 49.2 Å². The summed E-state index contributed by atoms with van der Waals surface area (Å²) in [5, 5.41) is 3.35. The van der Waals surface area contributed by atoms with Crippen LogP contribution in [-0.4, -0.2) is 12.0 Å². The number of ether oxygens (including phenoxy) is 1. The molecule has 0 aliphatic rings. The van der Waals surface area contributed by atoms with E-state index >= 15 is 0 Å². The van der Waals surface area contributed by atoms with Gasteiger partial charge >= 0.3 is 0 Å². The summed E-state index contributed by atoms with van der Waals surface area (Å²) in [7, 11) is 0. The molecule has 0 saturated heterocycles. The molecule has 1 amide bonds. The quantitative estimate of drug-likeness (QED) is 0.826. The summed E-state index contributed by atoms with van der Waals surface area (Å²) >= 11 is 0. The Hall–Kier alpha value is -2.33. The van der Waals surface area contributed by atoms with Crippen molar-refractivity contribution in [3.8, 4) is 5.75 Å². The fraction of sp³-hybridized carbons (Fsp3) is 0.278. The van der Waals surface area contributed by atoms with Crippen LogP contribution in [-0.2, 0) is 13.1 Å². The second-order valence-electron chi connectivity index (χ2n) is 5.48. The van der Waals surface area contributed by atoms with Crippen molar-refractivity contribution in [2.45, 2.75) is 33.0 Å². The lowest BCUT2D eigenvalue weighted by atomic mass is 10.1. The molecule has 2 rings (SSSR count). The highest BCUT2D eigenvalue weighted by atomic mass is 16.5. The first-order chi connectivity index (χ1) is 10.5. The van der Waals surface area contributed by atoms with Crippen LogP contribution < -0.4 is 15.8 Å². The summed E-state index contributed by atoms with van der Waals surface area (Å²) < 4.78 is 5.61. The highest BCUT2D eigenvalue weighted by Gasteiger charge is 2.02. The number of amides is 1. The van der Waals surface area contributed by atoms with Gasteiger partial charge in [-0.2, -0.15) is 0 Å². The molecule has 0 spiro atoms. The molecule has 0 fully saturated rings. The molecule has 4 heteroatoms. The molecular weight excluding hydrogens is 276 g/mol. The maximum Gasteiger partial charge on any atom is 0.248 e. The Labute approximate surface area is 131 Å². The maximum absolute atomic E-state index is 11.1. The molecule has 0 atom stereocenters. The van der Waals surface area contributed by atoms with Crippen molar-refractivity contribution in [3.05, 3.63) is 65.2 Å². The number of hydrogen-bond donors (Lipinski definition) is 2. The molecule has 4 nitrogen and oxygen atoms in total. The minimum absolute atomic E-state index is 0.182. The van der Waals surface area contributed by atoms with Gasteiger partial charge in [0.2, 0.25) is 5.91 Å². The maximum atomic E-state index is 11.1. The van der Waals surface area contributed by atoms with Gasteiger partial charge in [-0.25, -0.2) is 0 Å². The van der Waals surface area contributed by atoms with Gasteiger partial charge in [0.15, 0.2) is 0 Å². The number of carbonyl (C=O) groups excluding carboxylic acids is 1. The number of nitrogens with two attached hydrogens (primary N) is 1. The second kappa shape index (κ2) is 7.61. The number of nitrogens with one attached hydrogen (secondary N) is 1. The Bertz CT molecular complexity index is 621. The first-order valence-corrected chi connectivity index (χ1v) is 7.39. The third-order valence-electron chi connectivity index (χ3n) is 3.16. The molecule has 2 aromatic rings.